The number of aliphatic hydroxyl groups excluding tert-OH is 1. The van der Waals surface area contributed by atoms with Gasteiger partial charge in [0.05, 0.1) is 25.0 Å². The molecule has 1 aliphatic rings. The molecule has 0 fully saturated rings. The van der Waals surface area contributed by atoms with Crippen LogP contribution in [-0.2, 0) is 31.4 Å². The third kappa shape index (κ3) is 2.35. The highest BCUT2D eigenvalue weighted by Crippen LogP contribution is 2.28. The first-order valence-electron chi connectivity index (χ1n) is 6.61. The van der Waals surface area contributed by atoms with Crippen LogP contribution in [0.5, 0.6) is 0 Å². The monoisotopic (exact) mass is 292 g/mol. The molecule has 0 bridgehead atoms. The van der Waals surface area contributed by atoms with Crippen molar-refractivity contribution >= 4 is 11.6 Å². The lowest BCUT2D eigenvalue weighted by atomic mass is 9.98. The molecule has 0 saturated heterocycles. The van der Waals surface area contributed by atoms with Crippen LogP contribution in [0.4, 0.5) is 0 Å². The molecular formula is C15H17ClN2O2. The van der Waals surface area contributed by atoms with Crippen molar-refractivity contribution in [3.8, 4) is 0 Å². The van der Waals surface area contributed by atoms with Crippen molar-refractivity contribution in [2.75, 3.05) is 0 Å². The van der Waals surface area contributed by atoms with Crippen LogP contribution >= 0.6 is 11.6 Å². The number of rotatable bonds is 3. The molecule has 0 amide bonds. The van der Waals surface area contributed by atoms with E-state index in [9.17, 15) is 5.11 Å². The van der Waals surface area contributed by atoms with Crippen molar-refractivity contribution < 1.29 is 9.84 Å². The van der Waals surface area contributed by atoms with Gasteiger partial charge in [-0.25, -0.2) is 0 Å². The van der Waals surface area contributed by atoms with Crippen molar-refractivity contribution in [2.24, 2.45) is 7.05 Å². The van der Waals surface area contributed by atoms with E-state index < -0.39 is 6.10 Å². The van der Waals surface area contributed by atoms with Crippen molar-refractivity contribution in [3.63, 3.8) is 0 Å². The number of hydrogen-bond donors (Lipinski definition) is 1. The second kappa shape index (κ2) is 5.20. The van der Waals surface area contributed by atoms with E-state index in [-0.39, 0.29) is 0 Å². The van der Waals surface area contributed by atoms with Gasteiger partial charge in [0.1, 0.15) is 5.15 Å². The van der Waals surface area contributed by atoms with Crippen LogP contribution < -0.4 is 0 Å². The van der Waals surface area contributed by atoms with Gasteiger partial charge in [0.2, 0.25) is 0 Å². The van der Waals surface area contributed by atoms with Gasteiger partial charge in [0.25, 0.3) is 0 Å². The number of nitrogens with zero attached hydrogens (tertiary/aromatic N) is 2. The zero-order valence-corrected chi connectivity index (χ0v) is 12.3. The lowest BCUT2D eigenvalue weighted by Gasteiger charge is -2.12. The summed E-state index contributed by atoms with van der Waals surface area (Å²) in [6.07, 6.45) is -0.112. The summed E-state index contributed by atoms with van der Waals surface area (Å²) in [5, 5.41) is 15.3. The Bertz CT molecular complexity index is 652. The Balaban J connectivity index is 1.84. The third-order valence-electron chi connectivity index (χ3n) is 3.80. The molecule has 106 valence electrons. The van der Waals surface area contributed by atoms with Crippen LogP contribution in [0.2, 0.25) is 5.15 Å². The van der Waals surface area contributed by atoms with Gasteiger partial charge in [-0.05, 0) is 23.6 Å². The molecule has 0 spiro atoms. The van der Waals surface area contributed by atoms with Gasteiger partial charge in [-0.15, -0.1) is 0 Å². The number of ether oxygens (including phenoxy) is 1. The molecule has 0 aliphatic carbocycles. The van der Waals surface area contributed by atoms with Gasteiger partial charge in [-0.2, -0.15) is 5.10 Å². The molecule has 1 atom stereocenters. The predicted octanol–water partition coefficient (Wildman–Crippen LogP) is 2.69. The first kappa shape index (κ1) is 13.6. The van der Waals surface area contributed by atoms with Crippen molar-refractivity contribution in [2.45, 2.75) is 32.7 Å². The average molecular weight is 293 g/mol. The zero-order valence-electron chi connectivity index (χ0n) is 11.6. The molecule has 1 unspecified atom stereocenters. The molecule has 1 aromatic carbocycles. The minimum Gasteiger partial charge on any atom is -0.388 e. The Morgan fingerprint density at radius 2 is 2.15 bits per heavy atom. The van der Waals surface area contributed by atoms with Crippen LogP contribution in [0.25, 0.3) is 0 Å². The quantitative estimate of drug-likeness (QED) is 0.946. The Hall–Kier alpha value is -1.36. The minimum absolute atomic E-state index is 0.470. The molecule has 4 nitrogen and oxygen atoms in total. The minimum atomic E-state index is -0.582. The number of aryl methyl sites for hydroxylation is 2. The molecule has 2 heterocycles. The van der Waals surface area contributed by atoms with E-state index in [1.54, 1.807) is 11.7 Å². The van der Waals surface area contributed by atoms with Gasteiger partial charge in [-0.3, -0.25) is 4.68 Å². The highest BCUT2D eigenvalue weighted by molar-refractivity contribution is 6.30. The maximum absolute atomic E-state index is 10.4. The molecule has 20 heavy (non-hydrogen) atoms. The second-order valence-corrected chi connectivity index (χ2v) is 5.58. The molecule has 3 rings (SSSR count). The number of fused-ring (bicyclic) bond motifs is 1. The first-order valence-corrected chi connectivity index (χ1v) is 6.99. The number of aliphatic hydroxyl groups is 1. The smallest absolute Gasteiger partial charge is 0.130 e. The van der Waals surface area contributed by atoms with E-state index >= 15 is 0 Å². The Morgan fingerprint density at radius 3 is 2.85 bits per heavy atom. The Kier molecular flexibility index (Phi) is 3.54. The van der Waals surface area contributed by atoms with E-state index in [4.69, 9.17) is 16.3 Å². The zero-order chi connectivity index (χ0) is 14.3. The normalized spacial score (nSPS) is 15.4. The molecular weight excluding hydrogens is 276 g/mol. The highest BCUT2D eigenvalue weighted by Gasteiger charge is 2.19. The Morgan fingerprint density at radius 1 is 1.40 bits per heavy atom. The van der Waals surface area contributed by atoms with E-state index in [1.165, 1.54) is 5.56 Å². The Labute approximate surface area is 122 Å². The maximum atomic E-state index is 10.4. The molecule has 0 saturated carbocycles. The van der Waals surface area contributed by atoms with Crippen LogP contribution in [-0.4, -0.2) is 14.9 Å². The maximum Gasteiger partial charge on any atom is 0.130 e. The van der Waals surface area contributed by atoms with E-state index in [0.29, 0.717) is 24.8 Å². The lowest BCUT2D eigenvalue weighted by molar-refractivity contribution is 0.134. The summed E-state index contributed by atoms with van der Waals surface area (Å²) in [4.78, 5) is 0. The fourth-order valence-corrected chi connectivity index (χ4v) is 2.87. The summed E-state index contributed by atoms with van der Waals surface area (Å²) < 4.78 is 7.03. The fourth-order valence-electron chi connectivity index (χ4n) is 2.62. The molecule has 0 radical (unpaired) electrons. The molecule has 2 aromatic rings. The number of benzene rings is 1. The summed E-state index contributed by atoms with van der Waals surface area (Å²) >= 11 is 6.21. The van der Waals surface area contributed by atoms with Crippen LogP contribution in [0.3, 0.4) is 0 Å². The summed E-state index contributed by atoms with van der Waals surface area (Å²) in [5.74, 6) is 0. The van der Waals surface area contributed by atoms with Gasteiger partial charge in [0.15, 0.2) is 0 Å². The third-order valence-corrected chi connectivity index (χ3v) is 4.27. The fraction of sp³-hybridized carbons (Fsp3) is 0.400. The highest BCUT2D eigenvalue weighted by atomic mass is 35.5. The largest absolute Gasteiger partial charge is 0.388 e. The summed E-state index contributed by atoms with van der Waals surface area (Å²) in [5.41, 5.74) is 5.03. The number of halogens is 1. The van der Waals surface area contributed by atoms with Crippen LogP contribution in [0, 0.1) is 6.92 Å². The van der Waals surface area contributed by atoms with Crippen molar-refractivity contribution in [1.29, 1.82) is 0 Å². The van der Waals surface area contributed by atoms with E-state index in [2.05, 4.69) is 5.10 Å². The van der Waals surface area contributed by atoms with Crippen LogP contribution in [0.15, 0.2) is 18.2 Å². The van der Waals surface area contributed by atoms with Crippen molar-refractivity contribution in [1.82, 2.24) is 9.78 Å². The molecule has 1 aromatic heterocycles. The van der Waals surface area contributed by atoms with Gasteiger partial charge in [0, 0.05) is 19.0 Å². The summed E-state index contributed by atoms with van der Waals surface area (Å²) in [6, 6.07) is 6.00. The molecule has 1 aliphatic heterocycles. The molecule has 5 heteroatoms. The van der Waals surface area contributed by atoms with E-state index in [1.807, 2.05) is 25.1 Å². The first-order chi connectivity index (χ1) is 9.56. The second-order valence-electron chi connectivity index (χ2n) is 5.22. The lowest BCUT2D eigenvalue weighted by Crippen LogP contribution is -2.04. The molecule has 1 N–H and O–H groups in total. The van der Waals surface area contributed by atoms with Crippen LogP contribution in [0.1, 0.15) is 34.1 Å². The van der Waals surface area contributed by atoms with E-state index in [0.717, 1.165) is 22.4 Å². The van der Waals surface area contributed by atoms with Gasteiger partial charge < -0.3 is 9.84 Å². The SMILES string of the molecule is Cc1nn(C)c(Cl)c1CC(O)c1ccc2c(c1)COC2. The standard InChI is InChI=1S/C15H17ClN2O2/c1-9-13(15(16)18(2)17-9)6-14(19)10-3-4-11-7-20-8-12(11)5-10/h3-5,14,19H,6-8H2,1-2H3. The predicted molar refractivity (Wildman–Crippen MR) is 76.6 cm³/mol. The number of hydrogen-bond acceptors (Lipinski definition) is 3. The van der Waals surface area contributed by atoms with Crippen molar-refractivity contribution in [3.05, 3.63) is 51.3 Å². The number of aromatic nitrogens is 2. The summed E-state index contributed by atoms with van der Waals surface area (Å²) in [6.45, 7) is 3.20. The average Bonchev–Trinajstić information content (AvgIpc) is 2.98. The summed E-state index contributed by atoms with van der Waals surface area (Å²) in [7, 11) is 1.80. The topological polar surface area (TPSA) is 47.3 Å². The van der Waals surface area contributed by atoms with Gasteiger partial charge in [-0.1, -0.05) is 29.8 Å². The van der Waals surface area contributed by atoms with Gasteiger partial charge >= 0.3 is 0 Å².